The van der Waals surface area contributed by atoms with Gasteiger partial charge in [0.2, 0.25) is 41.4 Å². The fourth-order valence-corrected chi connectivity index (χ4v) is 13.8. The number of ketones is 3. The van der Waals surface area contributed by atoms with Gasteiger partial charge in [0.05, 0.1) is 69.6 Å². The first-order valence-corrected chi connectivity index (χ1v) is 34.4. The Kier molecular flexibility index (Phi) is 26.1. The van der Waals surface area contributed by atoms with Gasteiger partial charge in [0.15, 0.2) is 11.6 Å². The number of nitrogens with zero attached hydrogens (tertiary/aromatic N) is 4. The monoisotopic (exact) mass is 1430 g/mol. The number of Topliss-reactive ketones (excluding diaryl/α,β-unsaturated/α-hetero) is 3. The lowest BCUT2D eigenvalue weighted by molar-refractivity contribution is -0.385. The number of rotatable bonds is 20. The van der Waals surface area contributed by atoms with E-state index in [1.165, 1.54) is 74.5 Å². The van der Waals surface area contributed by atoms with Crippen molar-refractivity contribution in [3.8, 4) is 5.75 Å². The Bertz CT molecular complexity index is 4080. The second-order valence-electron chi connectivity index (χ2n) is 25.7. The number of esters is 1. The van der Waals surface area contributed by atoms with Crippen molar-refractivity contribution < 1.29 is 96.3 Å². The molecule has 0 radical (unpaired) electrons. The maximum Gasteiger partial charge on any atom is 0.338 e. The molecule has 0 saturated carbocycles. The van der Waals surface area contributed by atoms with Crippen molar-refractivity contribution in [2.24, 2.45) is 34.5 Å². The number of aliphatic hydroxyl groups is 2. The molecule has 1 unspecified atom stereocenters. The van der Waals surface area contributed by atoms with Crippen LogP contribution in [0.5, 0.6) is 5.75 Å². The molecule has 10 amide bonds. The van der Waals surface area contributed by atoms with Crippen LogP contribution in [0, 0.1) is 33.8 Å². The van der Waals surface area contributed by atoms with Gasteiger partial charge in [-0.15, -0.1) is 0 Å². The number of carbonyl (C=O) groups is 14. The predicted molar refractivity (Wildman–Crippen MR) is 361 cm³/mol. The Balaban J connectivity index is 1.03. The number of aromatic hydroxyl groups is 1. The number of aromatic amines is 1. The van der Waals surface area contributed by atoms with E-state index in [4.69, 9.17) is 10.5 Å². The zero-order valence-electron chi connectivity index (χ0n) is 56.2. The van der Waals surface area contributed by atoms with E-state index in [1.807, 2.05) is 0 Å². The SMILES string of the molecule is CC[C@@H](C)[C@@H]1NC(=O)CCC(=O)[C@H]2CC(=O)[C@H]([C@H](C)[C@H](O)COC(=O)c3ccc(/C(C)=N/NC(=O)c4ccc(NC(=O)CCCCCN5C(=O)C=CC5=O)cc4[N+](=O)[O-])cc3)NC(=O)[C@@H]3C[C@@H](O)CN3C(=O)[C@H](CC(N)=O)NC(=O)[C@H](CC(=O)CNC1=O)CS(=O)c1[nH]c3cc(O)ccc3c1C2. The van der Waals surface area contributed by atoms with Crippen molar-refractivity contribution in [3.05, 3.63) is 105 Å². The molecule has 33 nitrogen and oxygen atoms in total. The first-order chi connectivity index (χ1) is 48.4. The largest absolute Gasteiger partial charge is 0.508 e. The highest BCUT2D eigenvalue weighted by Gasteiger charge is 2.45. The molecule has 2 bridgehead atoms. The number of imide groups is 1. The number of carbonyl (C=O) groups excluding carboxylic acids is 14. The number of H-pyrrole nitrogens is 1. The van der Waals surface area contributed by atoms with E-state index in [1.54, 1.807) is 13.8 Å². The number of ether oxygens (including phenoxy) is 1. The van der Waals surface area contributed by atoms with Crippen molar-refractivity contribution in [1.82, 2.24) is 41.5 Å². The van der Waals surface area contributed by atoms with Crippen molar-refractivity contribution in [2.45, 2.75) is 146 Å². The Morgan fingerprint density at radius 3 is 2.23 bits per heavy atom. The van der Waals surface area contributed by atoms with Crippen LogP contribution in [0.25, 0.3) is 10.9 Å². The Morgan fingerprint density at radius 1 is 0.833 bits per heavy atom. The fourth-order valence-electron chi connectivity index (χ4n) is 12.3. The molecule has 0 aliphatic carbocycles. The van der Waals surface area contributed by atoms with E-state index in [2.05, 4.69) is 42.1 Å². The number of aromatic nitrogens is 1. The third kappa shape index (κ3) is 19.6. The van der Waals surface area contributed by atoms with Gasteiger partial charge in [-0.2, -0.15) is 5.10 Å². The highest BCUT2D eigenvalue weighted by atomic mass is 32.2. The maximum absolute atomic E-state index is 15.3. The minimum atomic E-state index is -2.38. The molecular weight excluding hydrogens is 1350 g/mol. The summed E-state index contributed by atoms with van der Waals surface area (Å²) in [6, 6.07) is 6.21. The van der Waals surface area contributed by atoms with E-state index >= 15 is 4.79 Å². The molecule has 102 heavy (non-hydrogen) atoms. The molecule has 4 aliphatic rings. The van der Waals surface area contributed by atoms with Crippen LogP contribution in [-0.2, 0) is 79.5 Å². The molecule has 1 saturated heterocycles. The average molecular weight is 1430 g/mol. The third-order valence-corrected chi connectivity index (χ3v) is 19.8. The van der Waals surface area contributed by atoms with E-state index in [0.717, 1.165) is 21.9 Å². The lowest BCUT2D eigenvalue weighted by atomic mass is 9.83. The number of benzene rings is 3. The summed E-state index contributed by atoms with van der Waals surface area (Å²) in [7, 11) is -2.38. The molecule has 544 valence electrons. The summed E-state index contributed by atoms with van der Waals surface area (Å²) in [5, 5.41) is 62.5. The van der Waals surface area contributed by atoms with Gasteiger partial charge in [-0.3, -0.25) is 81.6 Å². The topological polar surface area (TPSA) is 502 Å². The number of nitro groups is 1. The molecule has 12 N–H and O–H groups in total. The number of fused-ring (bicyclic) bond motifs is 5. The number of aliphatic hydroxyl groups excluding tert-OH is 2. The average Bonchev–Trinajstić information content (AvgIpc) is 1.62. The smallest absolute Gasteiger partial charge is 0.338 e. The number of phenolic OH excluding ortho intramolecular Hbond substituents is 1. The molecule has 0 spiro atoms. The standard InChI is InChI=1S/C68H80N12O21S/c1-5-34(2)60-65(95)70-30-43(82)23-40-33-102(100)66-47(45-17-15-42(81)27-48(45)73-66)24-39(52(84)18-19-57(89)74-60)25-53(85)61(75-64(94)51-28-44(83)31-79(51)67(96)49(29-55(69)87)72-62(40)92)35(3)54(86)32-101-68(97)38-12-10-37(11-13-38)36(4)76-77-63(93)46-16-14-41(26-50(46)80(98)99)71-56(88)9-7-6-8-22-78-58(90)20-21-59(78)91/h10-17,20-21,26-27,34-35,39-40,44,49,51,54,60-61,73,81,83,86H,5-9,18-19,22-25,28-33H2,1-4H3,(H2,69,87)(H,70,95)(H,71,88)(H,72,92)(H,74,89)(H,75,94)(H,77,93)/b76-36+/t34-,35-,39-,40-,44-,49+,51+,54-,60+,61+,102?/m1/s1. The molecule has 3 aromatic carbocycles. The fraction of sp³-hybridized carbons (Fsp3) is 0.456. The van der Waals surface area contributed by atoms with E-state index < -0.39 is 240 Å². The number of hydrogen-bond acceptors (Lipinski definition) is 22. The zero-order chi connectivity index (χ0) is 74.4. The second-order valence-corrected chi connectivity index (χ2v) is 27.1. The maximum atomic E-state index is 15.3. The highest BCUT2D eigenvalue weighted by Crippen LogP contribution is 2.34. The van der Waals surface area contributed by atoms with Crippen molar-refractivity contribution in [1.29, 1.82) is 0 Å². The number of anilines is 1. The number of nitro benzene ring substituents is 1. The van der Waals surface area contributed by atoms with Crippen molar-refractivity contribution in [3.63, 3.8) is 0 Å². The van der Waals surface area contributed by atoms with Gasteiger partial charge in [0.25, 0.3) is 23.4 Å². The molecular formula is C68H80N12O21S. The van der Waals surface area contributed by atoms with Crippen molar-refractivity contribution in [2.75, 3.05) is 37.3 Å². The molecule has 11 atom stereocenters. The lowest BCUT2D eigenvalue weighted by Crippen LogP contribution is -2.58. The molecule has 34 heteroatoms. The zero-order valence-corrected chi connectivity index (χ0v) is 57.0. The van der Waals surface area contributed by atoms with Gasteiger partial charge in [0.1, 0.15) is 46.9 Å². The van der Waals surface area contributed by atoms with Gasteiger partial charge in [-0.25, -0.2) is 10.2 Å². The number of amides is 10. The first-order valence-electron chi connectivity index (χ1n) is 33.1. The summed E-state index contributed by atoms with van der Waals surface area (Å²) < 4.78 is 20.5. The summed E-state index contributed by atoms with van der Waals surface area (Å²) in [4.78, 5) is 208. The van der Waals surface area contributed by atoms with Crippen LogP contribution in [0.15, 0.2) is 82.9 Å². The summed E-state index contributed by atoms with van der Waals surface area (Å²) in [6.07, 6.45) is -3.61. The summed E-state index contributed by atoms with van der Waals surface area (Å²) >= 11 is 0. The Morgan fingerprint density at radius 2 is 1.54 bits per heavy atom. The van der Waals surface area contributed by atoms with E-state index in [0.29, 0.717) is 31.2 Å². The quantitative estimate of drug-likeness (QED) is 0.0146. The number of hydrogen-bond donors (Lipinski definition) is 11. The minimum absolute atomic E-state index is 0.0235. The van der Waals surface area contributed by atoms with Crippen LogP contribution in [0.4, 0.5) is 11.4 Å². The molecule has 5 heterocycles. The number of unbranched alkanes of at least 4 members (excludes halogenated alkanes) is 2. The summed E-state index contributed by atoms with van der Waals surface area (Å²) in [6.45, 7) is 4.25. The van der Waals surface area contributed by atoms with Crippen LogP contribution >= 0.6 is 0 Å². The van der Waals surface area contributed by atoms with Gasteiger partial charge in [-0.05, 0) is 79.6 Å². The van der Waals surface area contributed by atoms with E-state index in [9.17, 15) is 92.0 Å². The molecule has 1 fully saturated rings. The van der Waals surface area contributed by atoms with Gasteiger partial charge in [0, 0.05) is 105 Å². The normalized spacial score (nSPS) is 23.1. The molecule has 4 aromatic rings. The van der Waals surface area contributed by atoms with Crippen LogP contribution in [0.2, 0.25) is 0 Å². The van der Waals surface area contributed by atoms with Crippen LogP contribution < -0.4 is 37.7 Å². The van der Waals surface area contributed by atoms with Crippen molar-refractivity contribution >= 4 is 121 Å². The summed E-state index contributed by atoms with van der Waals surface area (Å²) in [5.74, 6) is -17.8. The van der Waals surface area contributed by atoms with Crippen LogP contribution in [0.3, 0.4) is 0 Å². The van der Waals surface area contributed by atoms with Gasteiger partial charge >= 0.3 is 5.97 Å². The van der Waals surface area contributed by atoms with Gasteiger partial charge < -0.3 is 62.3 Å². The predicted octanol–water partition coefficient (Wildman–Crippen LogP) is 0.845. The van der Waals surface area contributed by atoms with Crippen LogP contribution in [0.1, 0.15) is 130 Å². The number of nitrogens with two attached hydrogens (primary N) is 1. The summed E-state index contributed by atoms with van der Waals surface area (Å²) in [5.41, 5.74) is 7.53. The third-order valence-electron chi connectivity index (χ3n) is 18.3. The first kappa shape index (κ1) is 77.0. The lowest BCUT2D eigenvalue weighted by Gasteiger charge is -2.32. The molecule has 1 aromatic heterocycles. The Labute approximate surface area is 585 Å². The molecule has 8 rings (SSSR count). The van der Waals surface area contributed by atoms with Crippen LogP contribution in [-0.4, -0.2) is 196 Å². The minimum Gasteiger partial charge on any atom is -0.508 e. The van der Waals surface area contributed by atoms with Gasteiger partial charge in [-0.1, -0.05) is 45.7 Å². The number of hydrazone groups is 1. The van der Waals surface area contributed by atoms with E-state index in [-0.39, 0.29) is 57.2 Å². The number of nitrogens with one attached hydrogen (secondary N) is 7. The second kappa shape index (κ2) is 34.6. The molecule has 4 aliphatic heterocycles. The highest BCUT2D eigenvalue weighted by molar-refractivity contribution is 7.85. The number of phenols is 1. The Hall–Kier alpha value is -10.7. The number of primary amides is 1.